The molecule has 2 aromatic rings. The van der Waals surface area contributed by atoms with Crippen LogP contribution in [0.3, 0.4) is 0 Å². The molecule has 1 aliphatic rings. The molecular formula is C12H16N6O2S. The number of hydrogen-bond donors (Lipinski definition) is 1. The first kappa shape index (κ1) is 14.0. The van der Waals surface area contributed by atoms with Crippen molar-refractivity contribution in [1.82, 2.24) is 20.0 Å². The fourth-order valence-corrected chi connectivity index (χ4v) is 2.76. The average Bonchev–Trinajstić information content (AvgIpc) is 2.98. The Morgan fingerprint density at radius 1 is 1.38 bits per heavy atom. The van der Waals surface area contributed by atoms with E-state index in [2.05, 4.69) is 25.5 Å². The monoisotopic (exact) mass is 308 g/mol. The molecule has 0 aliphatic carbocycles. The maximum atomic E-state index is 12.1. The van der Waals surface area contributed by atoms with Crippen LogP contribution in [0.1, 0.15) is 5.01 Å². The van der Waals surface area contributed by atoms with Gasteiger partial charge in [-0.15, -0.1) is 10.2 Å². The Hall–Kier alpha value is -2.00. The minimum absolute atomic E-state index is 0.139. The summed E-state index contributed by atoms with van der Waals surface area (Å²) in [5, 5.41) is 16.6. The molecule has 21 heavy (non-hydrogen) atoms. The third kappa shape index (κ3) is 3.19. The third-order valence-corrected chi connectivity index (χ3v) is 4.12. The van der Waals surface area contributed by atoms with E-state index in [1.165, 1.54) is 16.0 Å². The van der Waals surface area contributed by atoms with Gasteiger partial charge in [0.2, 0.25) is 5.13 Å². The fourth-order valence-electron chi connectivity index (χ4n) is 2.08. The van der Waals surface area contributed by atoms with Crippen LogP contribution in [0.5, 0.6) is 0 Å². The molecule has 1 aliphatic heterocycles. The Morgan fingerprint density at radius 2 is 2.19 bits per heavy atom. The number of nitrogens with one attached hydrogen (secondary N) is 1. The van der Waals surface area contributed by atoms with E-state index in [9.17, 15) is 4.79 Å². The van der Waals surface area contributed by atoms with Crippen LogP contribution in [0, 0.1) is 0 Å². The highest BCUT2D eigenvalue weighted by Gasteiger charge is 2.13. The van der Waals surface area contributed by atoms with E-state index < -0.39 is 0 Å². The molecule has 8 nitrogen and oxygen atoms in total. The summed E-state index contributed by atoms with van der Waals surface area (Å²) < 4.78 is 6.69. The van der Waals surface area contributed by atoms with Gasteiger partial charge in [-0.1, -0.05) is 11.3 Å². The quantitative estimate of drug-likeness (QED) is 0.852. The molecule has 1 fully saturated rings. The Balaban J connectivity index is 1.76. The lowest BCUT2D eigenvalue weighted by atomic mass is 10.3. The van der Waals surface area contributed by atoms with Crippen molar-refractivity contribution in [3.05, 3.63) is 27.6 Å². The van der Waals surface area contributed by atoms with Gasteiger partial charge in [-0.2, -0.15) is 5.10 Å². The van der Waals surface area contributed by atoms with Crippen LogP contribution < -0.4 is 15.8 Å². The van der Waals surface area contributed by atoms with E-state index in [-0.39, 0.29) is 5.56 Å². The number of nitrogens with zero attached hydrogens (tertiary/aromatic N) is 5. The summed E-state index contributed by atoms with van der Waals surface area (Å²) in [5.41, 5.74) is 0.702. The predicted molar refractivity (Wildman–Crippen MR) is 80.1 cm³/mol. The smallest absolute Gasteiger partial charge is 0.269 e. The van der Waals surface area contributed by atoms with Crippen molar-refractivity contribution in [2.75, 3.05) is 43.6 Å². The SMILES string of the molecule is CNc1nnc(Cn2ncc(N3CCOCC3)cc2=O)s1. The van der Waals surface area contributed by atoms with Crippen molar-refractivity contribution in [2.24, 2.45) is 0 Å². The number of ether oxygens (including phenoxy) is 1. The van der Waals surface area contributed by atoms with Crippen LogP contribution in [0.15, 0.2) is 17.1 Å². The van der Waals surface area contributed by atoms with Gasteiger partial charge in [0.25, 0.3) is 5.56 Å². The van der Waals surface area contributed by atoms with Gasteiger partial charge in [0.1, 0.15) is 5.01 Å². The summed E-state index contributed by atoms with van der Waals surface area (Å²) in [6.07, 6.45) is 1.72. The molecule has 3 heterocycles. The highest BCUT2D eigenvalue weighted by atomic mass is 32.1. The molecule has 0 saturated carbocycles. The van der Waals surface area contributed by atoms with Crippen molar-refractivity contribution in [1.29, 1.82) is 0 Å². The number of morpholine rings is 1. The van der Waals surface area contributed by atoms with E-state index in [4.69, 9.17) is 4.74 Å². The lowest BCUT2D eigenvalue weighted by Gasteiger charge is -2.28. The molecule has 0 bridgehead atoms. The number of hydrogen-bond acceptors (Lipinski definition) is 8. The van der Waals surface area contributed by atoms with Crippen molar-refractivity contribution in [3.8, 4) is 0 Å². The van der Waals surface area contributed by atoms with E-state index in [0.717, 1.165) is 28.9 Å². The van der Waals surface area contributed by atoms with Gasteiger partial charge in [0, 0.05) is 26.2 Å². The number of anilines is 2. The number of aromatic nitrogens is 4. The van der Waals surface area contributed by atoms with Gasteiger partial charge in [-0.3, -0.25) is 4.79 Å². The van der Waals surface area contributed by atoms with Gasteiger partial charge in [0.05, 0.1) is 31.6 Å². The normalized spacial score (nSPS) is 15.2. The van der Waals surface area contributed by atoms with E-state index in [0.29, 0.717) is 19.8 Å². The molecule has 0 radical (unpaired) electrons. The van der Waals surface area contributed by atoms with Crippen molar-refractivity contribution in [2.45, 2.75) is 6.54 Å². The van der Waals surface area contributed by atoms with Crippen LogP contribution in [-0.2, 0) is 11.3 Å². The first-order valence-electron chi connectivity index (χ1n) is 6.66. The van der Waals surface area contributed by atoms with Crippen molar-refractivity contribution < 1.29 is 4.74 Å². The topological polar surface area (TPSA) is 85.2 Å². The number of rotatable bonds is 4. The summed E-state index contributed by atoms with van der Waals surface area (Å²) in [6, 6.07) is 1.61. The molecule has 1 saturated heterocycles. The largest absolute Gasteiger partial charge is 0.378 e. The van der Waals surface area contributed by atoms with Gasteiger partial charge in [-0.05, 0) is 0 Å². The highest BCUT2D eigenvalue weighted by Crippen LogP contribution is 2.15. The Kier molecular flexibility index (Phi) is 4.11. The van der Waals surface area contributed by atoms with Gasteiger partial charge in [0.15, 0.2) is 0 Å². The first-order chi connectivity index (χ1) is 10.3. The van der Waals surface area contributed by atoms with Crippen molar-refractivity contribution >= 4 is 22.2 Å². The fraction of sp³-hybridized carbons (Fsp3) is 0.500. The average molecular weight is 308 g/mol. The molecule has 1 N–H and O–H groups in total. The molecule has 2 aromatic heterocycles. The lowest BCUT2D eigenvalue weighted by Crippen LogP contribution is -2.37. The molecular weight excluding hydrogens is 292 g/mol. The Bertz CT molecular complexity index is 664. The molecule has 0 atom stereocenters. The summed E-state index contributed by atoms with van der Waals surface area (Å²) in [4.78, 5) is 14.3. The minimum Gasteiger partial charge on any atom is -0.378 e. The predicted octanol–water partition coefficient (Wildman–Crippen LogP) is 0.0214. The second-order valence-corrected chi connectivity index (χ2v) is 5.62. The maximum absolute atomic E-state index is 12.1. The molecule has 3 rings (SSSR count). The molecule has 112 valence electrons. The zero-order valence-electron chi connectivity index (χ0n) is 11.7. The van der Waals surface area contributed by atoms with Crippen LogP contribution in [0.2, 0.25) is 0 Å². The standard InChI is InChI=1S/C12H16N6O2S/c1-13-12-16-15-10(21-12)8-18-11(19)6-9(7-14-18)17-2-4-20-5-3-17/h6-7H,2-5,8H2,1H3,(H,13,16). The first-order valence-corrected chi connectivity index (χ1v) is 7.48. The zero-order chi connectivity index (χ0) is 14.7. The van der Waals surface area contributed by atoms with E-state index in [1.54, 1.807) is 19.3 Å². The molecule has 0 aromatic carbocycles. The van der Waals surface area contributed by atoms with Gasteiger partial charge in [-0.25, -0.2) is 4.68 Å². The summed E-state index contributed by atoms with van der Waals surface area (Å²) in [6.45, 7) is 3.27. The van der Waals surface area contributed by atoms with E-state index >= 15 is 0 Å². The van der Waals surface area contributed by atoms with Crippen molar-refractivity contribution in [3.63, 3.8) is 0 Å². The third-order valence-electron chi connectivity index (χ3n) is 3.20. The van der Waals surface area contributed by atoms with Crippen LogP contribution in [0.4, 0.5) is 10.8 Å². The highest BCUT2D eigenvalue weighted by molar-refractivity contribution is 7.15. The second kappa shape index (κ2) is 6.19. The Labute approximate surface area is 125 Å². The minimum atomic E-state index is -0.139. The lowest BCUT2D eigenvalue weighted by molar-refractivity contribution is 0.122. The Morgan fingerprint density at radius 3 is 2.86 bits per heavy atom. The summed E-state index contributed by atoms with van der Waals surface area (Å²) in [5.74, 6) is 0. The molecule has 0 unspecified atom stereocenters. The molecule has 0 amide bonds. The van der Waals surface area contributed by atoms with E-state index in [1.807, 2.05) is 0 Å². The van der Waals surface area contributed by atoms with Crippen LogP contribution in [0.25, 0.3) is 0 Å². The van der Waals surface area contributed by atoms with Crippen LogP contribution in [-0.4, -0.2) is 53.3 Å². The second-order valence-electron chi connectivity index (χ2n) is 4.56. The molecule has 9 heteroatoms. The zero-order valence-corrected chi connectivity index (χ0v) is 12.5. The van der Waals surface area contributed by atoms with Crippen LogP contribution >= 0.6 is 11.3 Å². The van der Waals surface area contributed by atoms with Gasteiger partial charge < -0.3 is 15.0 Å². The van der Waals surface area contributed by atoms with Gasteiger partial charge >= 0.3 is 0 Å². The molecule has 0 spiro atoms. The summed E-state index contributed by atoms with van der Waals surface area (Å²) >= 11 is 1.41. The maximum Gasteiger partial charge on any atom is 0.269 e. The summed E-state index contributed by atoms with van der Waals surface area (Å²) in [7, 11) is 1.78.